The number of hydrogen-bond donors (Lipinski definition) is 1. The molecule has 3 aromatic rings. The van der Waals surface area contributed by atoms with Gasteiger partial charge in [0, 0.05) is 29.6 Å². The van der Waals surface area contributed by atoms with E-state index < -0.39 is 26.6 Å². The molecular formula is C22H22FN3O5S2. The Morgan fingerprint density at radius 3 is 2.58 bits per heavy atom. The van der Waals surface area contributed by atoms with E-state index in [1.165, 1.54) is 21.7 Å². The van der Waals surface area contributed by atoms with Crippen LogP contribution in [0.4, 0.5) is 9.52 Å². The number of ether oxygens (including phenoxy) is 2. The lowest BCUT2D eigenvalue weighted by Crippen LogP contribution is -2.29. The third kappa shape index (κ3) is 4.70. The maximum atomic E-state index is 14.4. The van der Waals surface area contributed by atoms with Crippen molar-refractivity contribution in [1.29, 1.82) is 0 Å². The molecule has 0 bridgehead atoms. The summed E-state index contributed by atoms with van der Waals surface area (Å²) in [5, 5.41) is 4.70. The summed E-state index contributed by atoms with van der Waals surface area (Å²) in [5.74, 6) is -0.261. The molecule has 33 heavy (non-hydrogen) atoms. The fourth-order valence-corrected chi connectivity index (χ4v) is 5.86. The van der Waals surface area contributed by atoms with E-state index in [1.807, 2.05) is 0 Å². The SMILES string of the molecule is COc1ccc(OC)c(-c2csc(NC(=O)c3ccc(F)c(S(=O)(=O)N4CCCC4)c3)n2)c1. The van der Waals surface area contributed by atoms with Gasteiger partial charge in [0.05, 0.1) is 19.9 Å². The van der Waals surface area contributed by atoms with Crippen LogP contribution in [0.15, 0.2) is 46.7 Å². The number of thiazole rings is 1. The Balaban J connectivity index is 1.57. The first-order valence-corrected chi connectivity index (χ1v) is 12.4. The minimum Gasteiger partial charge on any atom is -0.497 e. The monoisotopic (exact) mass is 491 g/mol. The van der Waals surface area contributed by atoms with Gasteiger partial charge in [0.1, 0.15) is 22.2 Å². The van der Waals surface area contributed by atoms with Crippen molar-refractivity contribution in [2.75, 3.05) is 32.6 Å². The standard InChI is InChI=1S/C22H22FN3O5S2/c1-30-15-6-8-19(31-2)16(12-15)18-13-32-22(24-18)25-21(27)14-5-7-17(23)20(11-14)33(28,29)26-9-3-4-10-26/h5-8,11-13H,3-4,9-10H2,1-2H3,(H,24,25,27). The highest BCUT2D eigenvalue weighted by Crippen LogP contribution is 2.35. The van der Waals surface area contributed by atoms with Crippen LogP contribution in [0.1, 0.15) is 23.2 Å². The van der Waals surface area contributed by atoms with Crippen LogP contribution < -0.4 is 14.8 Å². The summed E-state index contributed by atoms with van der Waals surface area (Å²) in [5.41, 5.74) is 1.28. The highest BCUT2D eigenvalue weighted by Gasteiger charge is 2.30. The number of anilines is 1. The van der Waals surface area contributed by atoms with Gasteiger partial charge < -0.3 is 9.47 Å². The van der Waals surface area contributed by atoms with Crippen molar-refractivity contribution in [1.82, 2.24) is 9.29 Å². The summed E-state index contributed by atoms with van der Waals surface area (Å²) in [7, 11) is -0.906. The molecule has 0 atom stereocenters. The van der Waals surface area contributed by atoms with Crippen LogP contribution in [0.5, 0.6) is 11.5 Å². The molecule has 0 radical (unpaired) electrons. The van der Waals surface area contributed by atoms with Gasteiger partial charge in [-0.2, -0.15) is 4.31 Å². The first-order chi connectivity index (χ1) is 15.8. The number of halogens is 1. The first-order valence-electron chi connectivity index (χ1n) is 10.1. The van der Waals surface area contributed by atoms with E-state index >= 15 is 0 Å². The minimum absolute atomic E-state index is 0.0184. The second-order valence-electron chi connectivity index (χ2n) is 7.31. The van der Waals surface area contributed by atoms with Crippen LogP contribution in [0.25, 0.3) is 11.3 Å². The number of hydrogen-bond acceptors (Lipinski definition) is 7. The largest absolute Gasteiger partial charge is 0.497 e. The lowest BCUT2D eigenvalue weighted by molar-refractivity contribution is 0.102. The smallest absolute Gasteiger partial charge is 0.257 e. The molecule has 1 N–H and O–H groups in total. The zero-order valence-electron chi connectivity index (χ0n) is 18.0. The average Bonchev–Trinajstić information content (AvgIpc) is 3.51. The van der Waals surface area contributed by atoms with Gasteiger partial charge in [-0.1, -0.05) is 0 Å². The third-order valence-corrected chi connectivity index (χ3v) is 7.95. The summed E-state index contributed by atoms with van der Waals surface area (Å²) in [6.07, 6.45) is 1.46. The molecular weight excluding hydrogens is 469 g/mol. The highest BCUT2D eigenvalue weighted by molar-refractivity contribution is 7.89. The van der Waals surface area contributed by atoms with Gasteiger partial charge in [-0.15, -0.1) is 11.3 Å². The van der Waals surface area contributed by atoms with E-state index in [2.05, 4.69) is 10.3 Å². The summed E-state index contributed by atoms with van der Waals surface area (Å²) in [6, 6.07) is 8.60. The number of carbonyl (C=O) groups excluding carboxylic acids is 1. The molecule has 0 spiro atoms. The Bertz CT molecular complexity index is 1290. The van der Waals surface area contributed by atoms with E-state index in [-0.39, 0.29) is 5.56 Å². The molecule has 1 fully saturated rings. The number of rotatable bonds is 7. The third-order valence-electron chi connectivity index (χ3n) is 5.28. The van der Waals surface area contributed by atoms with Crippen molar-refractivity contribution in [3.05, 3.63) is 53.2 Å². The topological polar surface area (TPSA) is 97.8 Å². The second-order valence-corrected chi connectivity index (χ2v) is 10.1. The van der Waals surface area contributed by atoms with E-state index in [4.69, 9.17) is 9.47 Å². The van der Waals surface area contributed by atoms with Crippen molar-refractivity contribution in [3.8, 4) is 22.8 Å². The van der Waals surface area contributed by atoms with Crippen molar-refractivity contribution < 1.29 is 27.1 Å². The Hall–Kier alpha value is -3.02. The van der Waals surface area contributed by atoms with Crippen LogP contribution in [0, 0.1) is 5.82 Å². The van der Waals surface area contributed by atoms with Crippen molar-refractivity contribution in [2.24, 2.45) is 0 Å². The molecule has 8 nitrogen and oxygen atoms in total. The number of amides is 1. The van der Waals surface area contributed by atoms with Gasteiger partial charge in [0.15, 0.2) is 5.13 Å². The molecule has 2 heterocycles. The van der Waals surface area contributed by atoms with Crippen LogP contribution in [0.2, 0.25) is 0 Å². The quantitative estimate of drug-likeness (QED) is 0.537. The number of aromatic nitrogens is 1. The number of benzene rings is 2. The first kappa shape index (κ1) is 23.1. The molecule has 1 aliphatic heterocycles. The van der Waals surface area contributed by atoms with Crippen LogP contribution in [-0.4, -0.2) is 50.9 Å². The highest BCUT2D eigenvalue weighted by atomic mass is 32.2. The lowest BCUT2D eigenvalue weighted by atomic mass is 10.1. The summed E-state index contributed by atoms with van der Waals surface area (Å²) < 4.78 is 51.8. The molecule has 1 aliphatic rings. The lowest BCUT2D eigenvalue weighted by Gasteiger charge is -2.16. The molecule has 1 saturated heterocycles. The number of nitrogens with zero attached hydrogens (tertiary/aromatic N) is 2. The van der Waals surface area contributed by atoms with Gasteiger partial charge in [-0.3, -0.25) is 10.1 Å². The Morgan fingerprint density at radius 2 is 1.88 bits per heavy atom. The maximum absolute atomic E-state index is 14.4. The fraction of sp³-hybridized carbons (Fsp3) is 0.273. The van der Waals surface area contributed by atoms with Crippen LogP contribution in [0.3, 0.4) is 0 Å². The Labute approximate surface area is 195 Å². The normalized spacial score (nSPS) is 14.3. The average molecular weight is 492 g/mol. The molecule has 174 valence electrons. The molecule has 11 heteroatoms. The number of nitrogens with one attached hydrogen (secondary N) is 1. The number of sulfonamides is 1. The van der Waals surface area contributed by atoms with Crippen LogP contribution in [-0.2, 0) is 10.0 Å². The van der Waals surface area contributed by atoms with Crippen molar-refractivity contribution in [3.63, 3.8) is 0 Å². The summed E-state index contributed by atoms with van der Waals surface area (Å²) >= 11 is 1.19. The van der Waals surface area contributed by atoms with Gasteiger partial charge in [-0.25, -0.2) is 17.8 Å². The number of carbonyl (C=O) groups is 1. The fourth-order valence-electron chi connectivity index (χ4n) is 3.55. The van der Waals surface area contributed by atoms with Gasteiger partial charge in [0.2, 0.25) is 10.0 Å². The molecule has 0 aliphatic carbocycles. The predicted octanol–water partition coefficient (Wildman–Crippen LogP) is 4.00. The molecule has 1 aromatic heterocycles. The van der Waals surface area contributed by atoms with E-state index in [1.54, 1.807) is 37.8 Å². The molecule has 4 rings (SSSR count). The summed E-state index contributed by atoms with van der Waals surface area (Å²) in [6.45, 7) is 0.682. The van der Waals surface area contributed by atoms with Crippen molar-refractivity contribution in [2.45, 2.75) is 17.7 Å². The zero-order chi connectivity index (χ0) is 23.6. The van der Waals surface area contributed by atoms with Gasteiger partial charge in [0.25, 0.3) is 5.91 Å². The zero-order valence-corrected chi connectivity index (χ0v) is 19.6. The second kappa shape index (κ2) is 9.46. The molecule has 2 aromatic carbocycles. The molecule has 1 amide bonds. The number of methoxy groups -OCH3 is 2. The van der Waals surface area contributed by atoms with E-state index in [0.29, 0.717) is 41.0 Å². The predicted molar refractivity (Wildman–Crippen MR) is 123 cm³/mol. The van der Waals surface area contributed by atoms with Gasteiger partial charge >= 0.3 is 0 Å². The molecule has 0 unspecified atom stereocenters. The van der Waals surface area contributed by atoms with Crippen LogP contribution >= 0.6 is 11.3 Å². The van der Waals surface area contributed by atoms with E-state index in [9.17, 15) is 17.6 Å². The minimum atomic E-state index is -4.00. The Kier molecular flexibility index (Phi) is 6.63. The maximum Gasteiger partial charge on any atom is 0.257 e. The Morgan fingerprint density at radius 1 is 1.12 bits per heavy atom. The van der Waals surface area contributed by atoms with Gasteiger partial charge in [-0.05, 0) is 49.2 Å². The molecule has 0 saturated carbocycles. The van der Waals surface area contributed by atoms with Crippen molar-refractivity contribution >= 4 is 32.4 Å². The summed E-state index contributed by atoms with van der Waals surface area (Å²) in [4.78, 5) is 16.7. The van der Waals surface area contributed by atoms with E-state index in [0.717, 1.165) is 25.0 Å².